The van der Waals surface area contributed by atoms with E-state index in [-0.39, 0.29) is 5.69 Å². The van der Waals surface area contributed by atoms with Gasteiger partial charge in [-0.1, -0.05) is 26.0 Å². The Hall–Kier alpha value is -3.16. The Balaban J connectivity index is 1.68. The van der Waals surface area contributed by atoms with Crippen LogP contribution in [0.4, 0.5) is 36.2 Å². The zero-order chi connectivity index (χ0) is 20.1. The second-order valence-corrected chi connectivity index (χ2v) is 6.76. The van der Waals surface area contributed by atoms with Crippen LogP contribution in [0, 0.1) is 5.92 Å². The van der Waals surface area contributed by atoms with Gasteiger partial charge < -0.3 is 10.6 Å². The van der Waals surface area contributed by atoms with Crippen molar-refractivity contribution < 1.29 is 13.2 Å². The monoisotopic (exact) mass is 387 g/mol. The highest BCUT2D eigenvalue weighted by atomic mass is 19.4. The summed E-state index contributed by atoms with van der Waals surface area (Å²) >= 11 is 0. The summed E-state index contributed by atoms with van der Waals surface area (Å²) in [6, 6.07) is 9.23. The molecule has 8 heteroatoms. The lowest BCUT2D eigenvalue weighted by atomic mass is 10.0. The number of anilines is 4. The van der Waals surface area contributed by atoms with Gasteiger partial charge in [-0.2, -0.15) is 13.2 Å². The second-order valence-electron chi connectivity index (χ2n) is 6.76. The zero-order valence-corrected chi connectivity index (χ0v) is 15.5. The molecule has 0 atom stereocenters. The van der Waals surface area contributed by atoms with Gasteiger partial charge in [0.1, 0.15) is 0 Å². The lowest BCUT2D eigenvalue weighted by Crippen LogP contribution is -2.09. The molecule has 1 aromatic carbocycles. The third kappa shape index (κ3) is 5.18. The number of halogens is 3. The number of aromatic nitrogens is 3. The molecular weight excluding hydrogens is 367 g/mol. The van der Waals surface area contributed by atoms with Crippen LogP contribution in [0.25, 0.3) is 0 Å². The highest BCUT2D eigenvalue weighted by molar-refractivity contribution is 5.63. The van der Waals surface area contributed by atoms with Crippen molar-refractivity contribution in [1.29, 1.82) is 0 Å². The van der Waals surface area contributed by atoms with Gasteiger partial charge in [0.15, 0.2) is 0 Å². The summed E-state index contributed by atoms with van der Waals surface area (Å²) in [6.45, 7) is 4.33. The van der Waals surface area contributed by atoms with E-state index in [1.807, 2.05) is 24.3 Å². The summed E-state index contributed by atoms with van der Waals surface area (Å²) in [5, 5.41) is 5.75. The van der Waals surface area contributed by atoms with E-state index in [2.05, 4.69) is 39.4 Å². The number of hydrogen-bond acceptors (Lipinski definition) is 5. The minimum atomic E-state index is -4.50. The molecule has 2 aromatic heterocycles. The summed E-state index contributed by atoms with van der Waals surface area (Å²) in [4.78, 5) is 11.8. The van der Waals surface area contributed by atoms with Crippen molar-refractivity contribution in [1.82, 2.24) is 15.0 Å². The molecule has 0 bridgehead atoms. The van der Waals surface area contributed by atoms with Crippen LogP contribution >= 0.6 is 0 Å². The van der Waals surface area contributed by atoms with Gasteiger partial charge in [0.2, 0.25) is 5.95 Å². The first-order valence-electron chi connectivity index (χ1n) is 8.77. The Morgan fingerprint density at radius 2 is 1.57 bits per heavy atom. The molecule has 0 amide bonds. The first kappa shape index (κ1) is 19.6. The summed E-state index contributed by atoms with van der Waals surface area (Å²) in [5.74, 6) is 0.938. The van der Waals surface area contributed by atoms with E-state index >= 15 is 0 Å². The molecule has 0 aliphatic rings. The normalized spacial score (nSPS) is 11.5. The number of nitrogens with zero attached hydrogens (tertiary/aromatic N) is 3. The summed E-state index contributed by atoms with van der Waals surface area (Å²) in [5.41, 5.74) is 1.47. The maximum Gasteiger partial charge on any atom is 0.419 e. The predicted octanol–water partition coefficient (Wildman–Crippen LogP) is 5.58. The number of alkyl halides is 3. The Morgan fingerprint density at radius 3 is 2.18 bits per heavy atom. The smallest absolute Gasteiger partial charge is 0.352 e. The summed E-state index contributed by atoms with van der Waals surface area (Å²) in [7, 11) is 0. The van der Waals surface area contributed by atoms with Gasteiger partial charge >= 0.3 is 6.18 Å². The van der Waals surface area contributed by atoms with Crippen molar-refractivity contribution in [2.24, 2.45) is 5.92 Å². The van der Waals surface area contributed by atoms with Crippen LogP contribution in [0.5, 0.6) is 0 Å². The third-order valence-electron chi connectivity index (χ3n) is 3.91. The van der Waals surface area contributed by atoms with E-state index in [0.29, 0.717) is 17.6 Å². The Labute approximate surface area is 161 Å². The molecule has 0 saturated heterocycles. The maximum absolute atomic E-state index is 13.0. The number of benzene rings is 1. The minimum absolute atomic E-state index is 0.104. The molecule has 0 aliphatic heterocycles. The molecular formula is C20H20F3N5. The minimum Gasteiger partial charge on any atom is -0.352 e. The summed E-state index contributed by atoms with van der Waals surface area (Å²) < 4.78 is 39.1. The van der Waals surface area contributed by atoms with Gasteiger partial charge in [0.05, 0.1) is 29.3 Å². The Kier molecular flexibility index (Phi) is 5.77. The number of hydrogen-bond donors (Lipinski definition) is 2. The standard InChI is InChI=1S/C20H20F3N5/c1-13(2)9-14-3-5-15(6-4-14)28-19-25-10-16(11-26-19)27-18-7-8-24-12-17(18)20(21,22)23/h3-8,10-13H,9H2,1-2H3,(H,24,27)(H,25,26,28). The molecule has 2 N–H and O–H groups in total. The van der Waals surface area contributed by atoms with Crippen molar-refractivity contribution in [3.05, 3.63) is 66.2 Å². The molecule has 28 heavy (non-hydrogen) atoms. The number of nitrogens with one attached hydrogen (secondary N) is 2. The summed E-state index contributed by atoms with van der Waals surface area (Å²) in [6.07, 6.45) is 1.41. The van der Waals surface area contributed by atoms with Gasteiger partial charge in [-0.15, -0.1) is 0 Å². The Morgan fingerprint density at radius 1 is 0.893 bits per heavy atom. The van der Waals surface area contributed by atoms with Crippen molar-refractivity contribution in [2.75, 3.05) is 10.6 Å². The molecule has 0 radical (unpaired) electrons. The highest BCUT2D eigenvalue weighted by Crippen LogP contribution is 2.35. The van der Waals surface area contributed by atoms with Crippen molar-refractivity contribution in [3.63, 3.8) is 0 Å². The first-order chi connectivity index (χ1) is 13.3. The maximum atomic E-state index is 13.0. The molecule has 3 rings (SSSR count). The average molecular weight is 387 g/mol. The predicted molar refractivity (Wildman–Crippen MR) is 103 cm³/mol. The second kappa shape index (κ2) is 8.24. The van der Waals surface area contributed by atoms with E-state index in [4.69, 9.17) is 0 Å². The molecule has 146 valence electrons. The average Bonchev–Trinajstić information content (AvgIpc) is 2.64. The van der Waals surface area contributed by atoms with Crippen LogP contribution in [0.3, 0.4) is 0 Å². The van der Waals surface area contributed by atoms with E-state index in [9.17, 15) is 13.2 Å². The third-order valence-corrected chi connectivity index (χ3v) is 3.91. The van der Waals surface area contributed by atoms with E-state index in [1.165, 1.54) is 30.2 Å². The molecule has 3 aromatic rings. The Bertz CT molecular complexity index is 906. The lowest BCUT2D eigenvalue weighted by Gasteiger charge is -2.13. The SMILES string of the molecule is CC(C)Cc1ccc(Nc2ncc(Nc3ccncc3C(F)(F)F)cn2)cc1. The molecule has 0 unspecified atom stereocenters. The van der Waals surface area contributed by atoms with Gasteiger partial charge in [-0.25, -0.2) is 9.97 Å². The van der Waals surface area contributed by atoms with E-state index in [0.717, 1.165) is 18.3 Å². The molecule has 5 nitrogen and oxygen atoms in total. The van der Waals surface area contributed by atoms with Crippen molar-refractivity contribution in [3.8, 4) is 0 Å². The van der Waals surface area contributed by atoms with Crippen LogP contribution in [0.2, 0.25) is 0 Å². The van der Waals surface area contributed by atoms with Gasteiger partial charge in [-0.05, 0) is 36.1 Å². The van der Waals surface area contributed by atoms with Gasteiger partial charge in [0, 0.05) is 18.1 Å². The van der Waals surface area contributed by atoms with Gasteiger partial charge in [-0.3, -0.25) is 4.98 Å². The van der Waals surface area contributed by atoms with Crippen LogP contribution in [-0.2, 0) is 12.6 Å². The number of pyridine rings is 1. The van der Waals surface area contributed by atoms with E-state index < -0.39 is 11.7 Å². The zero-order valence-electron chi connectivity index (χ0n) is 15.5. The van der Waals surface area contributed by atoms with Crippen LogP contribution < -0.4 is 10.6 Å². The fourth-order valence-electron chi connectivity index (χ4n) is 2.67. The van der Waals surface area contributed by atoms with Crippen molar-refractivity contribution >= 4 is 23.0 Å². The van der Waals surface area contributed by atoms with Gasteiger partial charge in [0.25, 0.3) is 0 Å². The van der Waals surface area contributed by atoms with E-state index in [1.54, 1.807) is 0 Å². The molecule has 2 heterocycles. The highest BCUT2D eigenvalue weighted by Gasteiger charge is 2.33. The molecule has 0 saturated carbocycles. The molecule has 0 aliphatic carbocycles. The molecule has 0 spiro atoms. The molecule has 0 fully saturated rings. The van der Waals surface area contributed by atoms with Crippen LogP contribution in [0.15, 0.2) is 55.1 Å². The number of rotatable bonds is 6. The first-order valence-corrected chi connectivity index (χ1v) is 8.77. The fraction of sp³-hybridized carbons (Fsp3) is 0.250. The topological polar surface area (TPSA) is 62.7 Å². The van der Waals surface area contributed by atoms with Crippen LogP contribution in [0.1, 0.15) is 25.0 Å². The quantitative estimate of drug-likeness (QED) is 0.578. The van der Waals surface area contributed by atoms with Crippen LogP contribution in [-0.4, -0.2) is 15.0 Å². The largest absolute Gasteiger partial charge is 0.419 e. The van der Waals surface area contributed by atoms with Crippen molar-refractivity contribution in [2.45, 2.75) is 26.4 Å². The fourth-order valence-corrected chi connectivity index (χ4v) is 2.67. The lowest BCUT2D eigenvalue weighted by molar-refractivity contribution is -0.137.